The standard InChI is InChI=1S/C23H31N3O5S2/c1-17(2)22(23(27)26-10-8-25(9-11-26)16-18-5-3-14-32-18)24-33(28,29)19-6-7-20-21(15-19)31-13-4-12-30-20/h3,5-7,14-15,17,22,24H,4,8-13,16H2,1-2H3. The monoisotopic (exact) mass is 493 g/mol. The van der Waals surface area contributed by atoms with E-state index in [1.54, 1.807) is 22.3 Å². The highest BCUT2D eigenvalue weighted by molar-refractivity contribution is 7.89. The fourth-order valence-electron chi connectivity index (χ4n) is 3.96. The molecular weight excluding hydrogens is 462 g/mol. The predicted octanol–water partition coefficient (Wildman–Crippen LogP) is 2.56. The molecule has 8 nitrogen and oxygen atoms in total. The Bertz CT molecular complexity index is 1050. The summed E-state index contributed by atoms with van der Waals surface area (Å²) in [5.41, 5.74) is 0. The number of nitrogens with zero attached hydrogens (tertiary/aromatic N) is 2. The van der Waals surface area contributed by atoms with Crippen LogP contribution in [0, 0.1) is 5.92 Å². The number of ether oxygens (including phenoxy) is 2. The van der Waals surface area contributed by atoms with Crippen molar-refractivity contribution in [1.29, 1.82) is 0 Å². The summed E-state index contributed by atoms with van der Waals surface area (Å²) in [7, 11) is -3.92. The number of hydrogen-bond donors (Lipinski definition) is 1. The summed E-state index contributed by atoms with van der Waals surface area (Å²) in [6.07, 6.45) is 0.736. The molecule has 1 atom stereocenters. The highest BCUT2D eigenvalue weighted by Crippen LogP contribution is 2.32. The maximum absolute atomic E-state index is 13.3. The lowest BCUT2D eigenvalue weighted by Crippen LogP contribution is -2.56. The van der Waals surface area contributed by atoms with Gasteiger partial charge in [-0.3, -0.25) is 9.69 Å². The Labute approximate surface area is 199 Å². The van der Waals surface area contributed by atoms with E-state index in [9.17, 15) is 13.2 Å². The predicted molar refractivity (Wildman–Crippen MR) is 127 cm³/mol. The van der Waals surface area contributed by atoms with Gasteiger partial charge in [0.15, 0.2) is 11.5 Å². The molecule has 0 aliphatic carbocycles. The number of carbonyl (C=O) groups is 1. The van der Waals surface area contributed by atoms with Crippen molar-refractivity contribution < 1.29 is 22.7 Å². The number of sulfonamides is 1. The number of fused-ring (bicyclic) bond motifs is 1. The SMILES string of the molecule is CC(C)C(NS(=O)(=O)c1ccc2c(c1)OCCCO2)C(=O)N1CCN(Cc2cccs2)CC1. The van der Waals surface area contributed by atoms with Gasteiger partial charge in [-0.15, -0.1) is 11.3 Å². The lowest BCUT2D eigenvalue weighted by molar-refractivity contribution is -0.135. The highest BCUT2D eigenvalue weighted by atomic mass is 32.2. The number of benzene rings is 1. The van der Waals surface area contributed by atoms with Crippen molar-refractivity contribution in [2.24, 2.45) is 5.92 Å². The Balaban J connectivity index is 1.42. The molecule has 33 heavy (non-hydrogen) atoms. The molecule has 3 heterocycles. The maximum atomic E-state index is 13.3. The molecule has 0 saturated carbocycles. The maximum Gasteiger partial charge on any atom is 0.241 e. The van der Waals surface area contributed by atoms with E-state index in [1.165, 1.54) is 17.0 Å². The number of nitrogens with one attached hydrogen (secondary N) is 1. The second-order valence-electron chi connectivity index (χ2n) is 8.68. The molecular formula is C23H31N3O5S2. The fraction of sp³-hybridized carbons (Fsp3) is 0.522. The van der Waals surface area contributed by atoms with Gasteiger partial charge in [0, 0.05) is 50.1 Å². The Hall–Kier alpha value is -2.14. The minimum Gasteiger partial charge on any atom is -0.490 e. The van der Waals surface area contributed by atoms with Crippen molar-refractivity contribution in [2.45, 2.75) is 37.8 Å². The van der Waals surface area contributed by atoms with Crippen LogP contribution in [-0.2, 0) is 21.4 Å². The Morgan fingerprint density at radius 1 is 1.09 bits per heavy atom. The number of rotatable bonds is 7. The number of carbonyl (C=O) groups excluding carboxylic acids is 1. The van der Waals surface area contributed by atoms with Gasteiger partial charge in [-0.05, 0) is 29.5 Å². The molecule has 1 amide bonds. The summed E-state index contributed by atoms with van der Waals surface area (Å²) in [5, 5.41) is 2.07. The minimum absolute atomic E-state index is 0.0611. The molecule has 2 aromatic rings. The third-order valence-corrected chi connectivity index (χ3v) is 8.19. The minimum atomic E-state index is -3.92. The molecule has 1 saturated heterocycles. The summed E-state index contributed by atoms with van der Waals surface area (Å²) >= 11 is 1.73. The second kappa shape index (κ2) is 10.4. The normalized spacial score (nSPS) is 18.2. The van der Waals surface area contributed by atoms with Gasteiger partial charge in [0.1, 0.15) is 6.04 Å². The first-order valence-corrected chi connectivity index (χ1v) is 13.7. The zero-order chi connectivity index (χ0) is 23.4. The van der Waals surface area contributed by atoms with E-state index in [0.717, 1.165) is 26.1 Å². The van der Waals surface area contributed by atoms with Crippen LogP contribution in [0.25, 0.3) is 0 Å². The lowest BCUT2D eigenvalue weighted by atomic mass is 10.0. The van der Waals surface area contributed by atoms with E-state index in [-0.39, 0.29) is 16.7 Å². The Morgan fingerprint density at radius 3 is 2.48 bits per heavy atom. The highest BCUT2D eigenvalue weighted by Gasteiger charge is 2.33. The third kappa shape index (κ3) is 5.87. The van der Waals surface area contributed by atoms with Gasteiger partial charge in [-0.2, -0.15) is 4.72 Å². The van der Waals surface area contributed by atoms with Gasteiger partial charge in [0.05, 0.1) is 18.1 Å². The number of amides is 1. The summed E-state index contributed by atoms with van der Waals surface area (Å²) in [6.45, 7) is 8.28. The van der Waals surface area contributed by atoms with Gasteiger partial charge >= 0.3 is 0 Å². The molecule has 4 rings (SSSR count). The van der Waals surface area contributed by atoms with E-state index in [0.29, 0.717) is 37.8 Å². The lowest BCUT2D eigenvalue weighted by Gasteiger charge is -2.37. The van der Waals surface area contributed by atoms with Crippen LogP contribution in [0.5, 0.6) is 11.5 Å². The average molecular weight is 494 g/mol. The zero-order valence-corrected chi connectivity index (χ0v) is 20.7. The molecule has 1 aromatic heterocycles. The smallest absolute Gasteiger partial charge is 0.241 e. The Morgan fingerprint density at radius 2 is 1.82 bits per heavy atom. The molecule has 0 spiro atoms. The van der Waals surface area contributed by atoms with Gasteiger partial charge in [0.2, 0.25) is 15.9 Å². The quantitative estimate of drug-likeness (QED) is 0.638. The van der Waals surface area contributed by atoms with Gasteiger partial charge in [0.25, 0.3) is 0 Å². The van der Waals surface area contributed by atoms with E-state index >= 15 is 0 Å². The number of thiophene rings is 1. The summed E-state index contributed by atoms with van der Waals surface area (Å²) in [6, 6.07) is 7.88. The van der Waals surface area contributed by atoms with E-state index in [1.807, 2.05) is 19.9 Å². The second-order valence-corrected chi connectivity index (χ2v) is 11.4. The van der Waals surface area contributed by atoms with Crippen LogP contribution in [-0.4, -0.2) is 69.6 Å². The summed E-state index contributed by atoms with van der Waals surface area (Å²) in [4.78, 5) is 18.7. The van der Waals surface area contributed by atoms with Crippen molar-refractivity contribution in [3.8, 4) is 11.5 Å². The van der Waals surface area contributed by atoms with Crippen LogP contribution < -0.4 is 14.2 Å². The van der Waals surface area contributed by atoms with E-state index in [2.05, 4.69) is 21.1 Å². The molecule has 1 unspecified atom stereocenters. The van der Waals surface area contributed by atoms with E-state index in [4.69, 9.17) is 9.47 Å². The van der Waals surface area contributed by atoms with Crippen LogP contribution in [0.2, 0.25) is 0 Å². The first-order chi connectivity index (χ1) is 15.8. The largest absolute Gasteiger partial charge is 0.490 e. The first kappa shape index (κ1) is 24.0. The van der Waals surface area contributed by atoms with Crippen molar-refractivity contribution in [2.75, 3.05) is 39.4 Å². The van der Waals surface area contributed by atoms with Crippen molar-refractivity contribution in [1.82, 2.24) is 14.5 Å². The fourth-order valence-corrected chi connectivity index (χ4v) is 6.06. The van der Waals surface area contributed by atoms with Crippen molar-refractivity contribution in [3.05, 3.63) is 40.6 Å². The summed E-state index contributed by atoms with van der Waals surface area (Å²) < 4.78 is 40.2. The third-order valence-electron chi connectivity index (χ3n) is 5.89. The van der Waals surface area contributed by atoms with Crippen molar-refractivity contribution >= 4 is 27.3 Å². The molecule has 1 fully saturated rings. The van der Waals surface area contributed by atoms with Crippen LogP contribution in [0.4, 0.5) is 0 Å². The summed E-state index contributed by atoms with van der Waals surface area (Å²) in [5.74, 6) is 0.559. The van der Waals surface area contributed by atoms with Crippen LogP contribution >= 0.6 is 11.3 Å². The average Bonchev–Trinajstić information content (AvgIpc) is 3.19. The molecule has 1 N–H and O–H groups in total. The molecule has 180 valence electrons. The van der Waals surface area contributed by atoms with Crippen molar-refractivity contribution in [3.63, 3.8) is 0 Å². The number of piperazine rings is 1. The van der Waals surface area contributed by atoms with Crippen LogP contribution in [0.1, 0.15) is 25.1 Å². The molecule has 0 bridgehead atoms. The Kier molecular flexibility index (Phi) is 7.58. The topological polar surface area (TPSA) is 88.2 Å². The molecule has 2 aliphatic heterocycles. The van der Waals surface area contributed by atoms with Crippen LogP contribution in [0.15, 0.2) is 40.6 Å². The molecule has 0 radical (unpaired) electrons. The molecule has 10 heteroatoms. The number of hydrogen-bond acceptors (Lipinski definition) is 7. The van der Waals surface area contributed by atoms with Gasteiger partial charge in [-0.1, -0.05) is 19.9 Å². The van der Waals surface area contributed by atoms with E-state index < -0.39 is 16.1 Å². The first-order valence-electron chi connectivity index (χ1n) is 11.3. The van der Waals surface area contributed by atoms with Gasteiger partial charge < -0.3 is 14.4 Å². The molecule has 1 aromatic carbocycles. The zero-order valence-electron chi connectivity index (χ0n) is 19.0. The van der Waals surface area contributed by atoms with Crippen LogP contribution in [0.3, 0.4) is 0 Å². The molecule has 2 aliphatic rings. The van der Waals surface area contributed by atoms with Gasteiger partial charge in [-0.25, -0.2) is 8.42 Å².